The van der Waals surface area contributed by atoms with Crippen LogP contribution in [0.4, 0.5) is 0 Å². The van der Waals surface area contributed by atoms with Crippen LogP contribution in [-0.4, -0.2) is 41.8 Å². The van der Waals surface area contributed by atoms with Gasteiger partial charge in [-0.25, -0.2) is 0 Å². The summed E-state index contributed by atoms with van der Waals surface area (Å²) in [6.07, 6.45) is 5.10. The molecule has 3 heteroatoms. The molecular formula is C11H24N2O. The molecule has 0 atom stereocenters. The molecule has 0 radical (unpaired) electrons. The Balaban J connectivity index is 2.35. The smallest absolute Gasteiger partial charge is 0.0770 e. The molecule has 1 rings (SSSR count). The van der Waals surface area contributed by atoms with Crippen molar-refractivity contribution in [2.24, 2.45) is 5.73 Å². The first kappa shape index (κ1) is 12.0. The van der Waals surface area contributed by atoms with Crippen molar-refractivity contribution in [2.45, 2.75) is 50.7 Å². The predicted molar refractivity (Wildman–Crippen MR) is 59.2 cm³/mol. The highest BCUT2D eigenvalue weighted by atomic mass is 16.3. The van der Waals surface area contributed by atoms with Crippen LogP contribution >= 0.6 is 0 Å². The van der Waals surface area contributed by atoms with Crippen LogP contribution in [0, 0.1) is 0 Å². The van der Waals surface area contributed by atoms with Gasteiger partial charge in [0.2, 0.25) is 0 Å². The van der Waals surface area contributed by atoms with Crippen molar-refractivity contribution in [3.05, 3.63) is 0 Å². The van der Waals surface area contributed by atoms with Gasteiger partial charge >= 0.3 is 0 Å². The van der Waals surface area contributed by atoms with Gasteiger partial charge in [-0.15, -0.1) is 0 Å². The van der Waals surface area contributed by atoms with E-state index in [9.17, 15) is 5.11 Å². The Morgan fingerprint density at radius 2 is 2.00 bits per heavy atom. The van der Waals surface area contributed by atoms with Gasteiger partial charge in [0.05, 0.1) is 5.60 Å². The first-order valence-electron chi connectivity index (χ1n) is 5.74. The Bertz CT molecular complexity index is 165. The molecule has 84 valence electrons. The molecule has 0 spiro atoms. The van der Waals surface area contributed by atoms with E-state index in [2.05, 4.69) is 18.9 Å². The lowest BCUT2D eigenvalue weighted by molar-refractivity contribution is -0.00932. The number of rotatable bonds is 4. The first-order valence-corrected chi connectivity index (χ1v) is 5.74. The molecule has 0 aromatic rings. The number of hydrogen-bond acceptors (Lipinski definition) is 3. The molecule has 3 N–H and O–H groups in total. The summed E-state index contributed by atoms with van der Waals surface area (Å²) in [7, 11) is 2.18. The Morgan fingerprint density at radius 3 is 2.43 bits per heavy atom. The van der Waals surface area contributed by atoms with Crippen LogP contribution in [-0.2, 0) is 0 Å². The largest absolute Gasteiger partial charge is 0.389 e. The predicted octanol–water partition coefficient (Wildman–Crippen LogP) is 0.961. The topological polar surface area (TPSA) is 49.5 Å². The Labute approximate surface area is 87.3 Å². The van der Waals surface area contributed by atoms with E-state index in [1.54, 1.807) is 0 Å². The van der Waals surface area contributed by atoms with Crippen LogP contribution in [0.5, 0.6) is 0 Å². The van der Waals surface area contributed by atoms with Crippen molar-refractivity contribution in [3.8, 4) is 0 Å². The summed E-state index contributed by atoms with van der Waals surface area (Å²) in [5.74, 6) is 0. The maximum Gasteiger partial charge on any atom is 0.0770 e. The maximum absolute atomic E-state index is 9.97. The number of nitrogens with zero attached hydrogens (tertiary/aromatic N) is 1. The van der Waals surface area contributed by atoms with Gasteiger partial charge in [-0.3, -0.25) is 0 Å². The van der Waals surface area contributed by atoms with Gasteiger partial charge < -0.3 is 15.7 Å². The molecule has 1 aliphatic carbocycles. The van der Waals surface area contributed by atoms with E-state index in [0.717, 1.165) is 32.2 Å². The third-order valence-electron chi connectivity index (χ3n) is 3.47. The molecule has 0 aliphatic heterocycles. The van der Waals surface area contributed by atoms with Crippen molar-refractivity contribution < 1.29 is 5.11 Å². The van der Waals surface area contributed by atoms with E-state index in [1.807, 2.05) is 0 Å². The molecule has 0 bridgehead atoms. The summed E-state index contributed by atoms with van der Waals surface area (Å²) in [6.45, 7) is 3.78. The summed E-state index contributed by atoms with van der Waals surface area (Å²) in [6, 6.07) is 0.654. The molecule has 3 nitrogen and oxygen atoms in total. The minimum atomic E-state index is -0.566. The van der Waals surface area contributed by atoms with Gasteiger partial charge in [0.1, 0.15) is 0 Å². The zero-order valence-corrected chi connectivity index (χ0v) is 9.50. The number of hydrogen-bond donors (Lipinski definition) is 2. The van der Waals surface area contributed by atoms with E-state index in [-0.39, 0.29) is 0 Å². The zero-order chi connectivity index (χ0) is 10.6. The van der Waals surface area contributed by atoms with Gasteiger partial charge in [0, 0.05) is 12.6 Å². The Morgan fingerprint density at radius 1 is 1.43 bits per heavy atom. The lowest BCUT2D eigenvalue weighted by atomic mass is 9.82. The standard InChI is InChI=1S/C11H24N2O/c1-3-8-13(2)10-4-6-11(14,9-12)7-5-10/h10,14H,3-9,12H2,1-2H3. The van der Waals surface area contributed by atoms with Gasteiger partial charge in [-0.2, -0.15) is 0 Å². The fourth-order valence-corrected chi connectivity index (χ4v) is 2.32. The molecule has 0 unspecified atom stereocenters. The monoisotopic (exact) mass is 200 g/mol. The van der Waals surface area contributed by atoms with Crippen molar-refractivity contribution >= 4 is 0 Å². The van der Waals surface area contributed by atoms with Gasteiger partial charge in [-0.05, 0) is 45.7 Å². The summed E-state index contributed by atoms with van der Waals surface area (Å²) in [5, 5.41) is 9.97. The zero-order valence-electron chi connectivity index (χ0n) is 9.50. The Hall–Kier alpha value is -0.120. The summed E-state index contributed by atoms with van der Waals surface area (Å²) in [4.78, 5) is 2.41. The Kier molecular flexibility index (Phi) is 4.35. The van der Waals surface area contributed by atoms with Gasteiger partial charge in [0.25, 0.3) is 0 Å². The maximum atomic E-state index is 9.97. The SMILES string of the molecule is CCCN(C)C1CCC(O)(CN)CC1. The highest BCUT2D eigenvalue weighted by Crippen LogP contribution is 2.29. The number of aliphatic hydroxyl groups is 1. The minimum Gasteiger partial charge on any atom is -0.389 e. The van der Waals surface area contributed by atoms with E-state index in [1.165, 1.54) is 6.42 Å². The second-order valence-electron chi connectivity index (χ2n) is 4.64. The molecule has 0 saturated heterocycles. The van der Waals surface area contributed by atoms with Crippen molar-refractivity contribution in [2.75, 3.05) is 20.1 Å². The average molecular weight is 200 g/mol. The lowest BCUT2D eigenvalue weighted by Crippen LogP contribution is -2.46. The fourth-order valence-electron chi connectivity index (χ4n) is 2.32. The van der Waals surface area contributed by atoms with Crippen molar-refractivity contribution in [1.82, 2.24) is 4.90 Å². The lowest BCUT2D eigenvalue weighted by Gasteiger charge is -2.38. The summed E-state index contributed by atoms with van der Waals surface area (Å²) < 4.78 is 0. The van der Waals surface area contributed by atoms with Crippen LogP contribution in [0.2, 0.25) is 0 Å². The van der Waals surface area contributed by atoms with Crippen LogP contribution in [0.1, 0.15) is 39.0 Å². The highest BCUT2D eigenvalue weighted by molar-refractivity contribution is 4.89. The van der Waals surface area contributed by atoms with E-state index >= 15 is 0 Å². The molecule has 0 aromatic carbocycles. The summed E-state index contributed by atoms with van der Waals surface area (Å²) in [5.41, 5.74) is 4.99. The normalized spacial score (nSPS) is 33.6. The van der Waals surface area contributed by atoms with E-state index < -0.39 is 5.60 Å². The van der Waals surface area contributed by atoms with E-state index in [0.29, 0.717) is 12.6 Å². The first-order chi connectivity index (χ1) is 6.61. The second kappa shape index (κ2) is 5.10. The van der Waals surface area contributed by atoms with Crippen molar-refractivity contribution in [3.63, 3.8) is 0 Å². The molecule has 0 heterocycles. The molecule has 0 aromatic heterocycles. The van der Waals surface area contributed by atoms with Gasteiger partial charge in [-0.1, -0.05) is 6.92 Å². The third kappa shape index (κ3) is 2.94. The van der Waals surface area contributed by atoms with E-state index in [4.69, 9.17) is 5.73 Å². The van der Waals surface area contributed by atoms with Crippen molar-refractivity contribution in [1.29, 1.82) is 0 Å². The number of nitrogens with two attached hydrogens (primary N) is 1. The quantitative estimate of drug-likeness (QED) is 0.710. The molecule has 0 amide bonds. The second-order valence-corrected chi connectivity index (χ2v) is 4.64. The molecule has 1 saturated carbocycles. The third-order valence-corrected chi connectivity index (χ3v) is 3.47. The van der Waals surface area contributed by atoms with Crippen LogP contribution < -0.4 is 5.73 Å². The summed E-state index contributed by atoms with van der Waals surface area (Å²) >= 11 is 0. The molecule has 14 heavy (non-hydrogen) atoms. The van der Waals surface area contributed by atoms with Gasteiger partial charge in [0.15, 0.2) is 0 Å². The minimum absolute atomic E-state index is 0.414. The molecular weight excluding hydrogens is 176 g/mol. The highest BCUT2D eigenvalue weighted by Gasteiger charge is 2.32. The van der Waals surface area contributed by atoms with Crippen LogP contribution in [0.25, 0.3) is 0 Å². The van der Waals surface area contributed by atoms with Crippen LogP contribution in [0.15, 0.2) is 0 Å². The average Bonchev–Trinajstić information content (AvgIpc) is 2.19. The molecule has 1 fully saturated rings. The molecule has 1 aliphatic rings. The fraction of sp³-hybridized carbons (Fsp3) is 1.00. The van der Waals surface area contributed by atoms with Crippen LogP contribution in [0.3, 0.4) is 0 Å².